The van der Waals surface area contributed by atoms with Gasteiger partial charge in [-0.25, -0.2) is 16.8 Å². The van der Waals surface area contributed by atoms with E-state index in [1.54, 1.807) is 7.11 Å². The van der Waals surface area contributed by atoms with Crippen LogP contribution >= 0.6 is 0 Å². The standard InChI is InChI=1S/C9H19F3NO5S2Si/c1-8(21(3,4)18-2)6-5-7-19(14,15)13-20(16,17)9(10,11)12/h8H,5-7H2,1-4H3/q-1. The van der Waals surface area contributed by atoms with Crippen molar-refractivity contribution in [2.45, 2.75) is 43.9 Å². The molecule has 128 valence electrons. The van der Waals surface area contributed by atoms with Gasteiger partial charge in [-0.2, -0.15) is 13.2 Å². The van der Waals surface area contributed by atoms with E-state index in [1.807, 2.05) is 24.1 Å². The highest BCUT2D eigenvalue weighted by Crippen LogP contribution is 2.31. The van der Waals surface area contributed by atoms with Gasteiger partial charge in [-0.15, -0.1) is 0 Å². The van der Waals surface area contributed by atoms with Gasteiger partial charge >= 0.3 is 5.51 Å². The van der Waals surface area contributed by atoms with Crippen LogP contribution in [0.15, 0.2) is 0 Å². The molecule has 0 aromatic rings. The number of rotatable bonds is 8. The second kappa shape index (κ2) is 6.94. The molecule has 0 bridgehead atoms. The van der Waals surface area contributed by atoms with Crippen LogP contribution in [0.4, 0.5) is 13.2 Å². The van der Waals surface area contributed by atoms with Gasteiger partial charge in [0.2, 0.25) is 0 Å². The first-order valence-electron chi connectivity index (χ1n) is 5.98. The lowest BCUT2D eigenvalue weighted by Gasteiger charge is -2.28. The van der Waals surface area contributed by atoms with Crippen LogP contribution in [0.2, 0.25) is 18.6 Å². The lowest BCUT2D eigenvalue weighted by molar-refractivity contribution is -0.0425. The Hall–Kier alpha value is -0.173. The maximum Gasteiger partial charge on any atom is 0.480 e. The van der Waals surface area contributed by atoms with Crippen LogP contribution < -0.4 is 0 Å². The molecule has 0 spiro atoms. The molecule has 0 N–H and O–H groups in total. The molecule has 12 heteroatoms. The lowest BCUT2D eigenvalue weighted by atomic mass is 10.3. The van der Waals surface area contributed by atoms with Crippen molar-refractivity contribution in [1.82, 2.24) is 0 Å². The van der Waals surface area contributed by atoms with Crippen molar-refractivity contribution in [2.24, 2.45) is 0 Å². The Kier molecular flexibility index (Phi) is 6.88. The van der Waals surface area contributed by atoms with E-state index in [0.717, 1.165) is 0 Å². The van der Waals surface area contributed by atoms with Crippen molar-refractivity contribution in [3.05, 3.63) is 4.13 Å². The second-order valence-electron chi connectivity index (χ2n) is 5.13. The minimum absolute atomic E-state index is 0.0141. The van der Waals surface area contributed by atoms with Gasteiger partial charge in [-0.3, -0.25) is 0 Å². The van der Waals surface area contributed by atoms with Crippen molar-refractivity contribution >= 4 is 28.4 Å². The maximum absolute atomic E-state index is 12.1. The van der Waals surface area contributed by atoms with Gasteiger partial charge in [-0.1, -0.05) is 13.3 Å². The van der Waals surface area contributed by atoms with Gasteiger partial charge < -0.3 is 8.55 Å². The molecule has 0 amide bonds. The first-order valence-corrected chi connectivity index (χ1v) is 12.0. The van der Waals surface area contributed by atoms with E-state index >= 15 is 0 Å². The molecular formula is C9H19F3NO5S2Si-. The summed E-state index contributed by atoms with van der Waals surface area (Å²) in [5.41, 5.74) is -5.64. The highest BCUT2D eigenvalue weighted by molar-refractivity contribution is 8.12. The van der Waals surface area contributed by atoms with E-state index in [4.69, 9.17) is 4.43 Å². The predicted octanol–water partition coefficient (Wildman–Crippen LogP) is 2.56. The molecule has 1 atom stereocenters. The van der Waals surface area contributed by atoms with Crippen molar-refractivity contribution < 1.29 is 34.4 Å². The molecule has 0 saturated carbocycles. The zero-order valence-corrected chi connectivity index (χ0v) is 14.8. The summed E-state index contributed by atoms with van der Waals surface area (Å²) in [5.74, 6) is -0.749. The molecule has 0 rings (SSSR count). The van der Waals surface area contributed by atoms with Crippen LogP contribution in [0, 0.1) is 0 Å². The van der Waals surface area contributed by atoms with E-state index < -0.39 is 39.6 Å². The molecule has 21 heavy (non-hydrogen) atoms. The van der Waals surface area contributed by atoms with Crippen molar-refractivity contribution in [3.63, 3.8) is 0 Å². The molecule has 0 aliphatic carbocycles. The summed E-state index contributed by atoms with van der Waals surface area (Å²) in [5, 5.41) is 0. The van der Waals surface area contributed by atoms with Crippen LogP contribution in [-0.4, -0.2) is 43.5 Å². The van der Waals surface area contributed by atoms with Crippen molar-refractivity contribution in [1.29, 1.82) is 0 Å². The molecule has 6 nitrogen and oxygen atoms in total. The van der Waals surface area contributed by atoms with Gasteiger partial charge in [0.05, 0.1) is 10.0 Å². The second-order valence-corrected chi connectivity index (χ2v) is 13.3. The average molecular weight is 370 g/mol. The van der Waals surface area contributed by atoms with Gasteiger partial charge in [-0.05, 0) is 25.1 Å². The normalized spacial score (nSPS) is 16.0. The zero-order chi connectivity index (χ0) is 17.1. The molecule has 0 radical (unpaired) electrons. The topological polar surface area (TPSA) is 91.6 Å². The number of hydrogen-bond acceptors (Lipinski definition) is 5. The van der Waals surface area contributed by atoms with E-state index in [9.17, 15) is 30.0 Å². The van der Waals surface area contributed by atoms with Gasteiger partial charge in [0.1, 0.15) is 0 Å². The number of alkyl halides is 3. The number of hydrogen-bond donors (Lipinski definition) is 0. The highest BCUT2D eigenvalue weighted by atomic mass is 32.3. The molecule has 1 unspecified atom stereocenters. The Bertz CT molecular complexity index is 544. The molecule has 0 aliphatic heterocycles. The maximum atomic E-state index is 12.1. The monoisotopic (exact) mass is 370 g/mol. The van der Waals surface area contributed by atoms with Gasteiger partial charge in [0, 0.05) is 12.9 Å². The molecular weight excluding hydrogens is 351 g/mol. The third-order valence-corrected chi connectivity index (χ3v) is 10.1. The molecule has 0 fully saturated rings. The van der Waals surface area contributed by atoms with E-state index in [-0.39, 0.29) is 12.0 Å². The largest absolute Gasteiger partial charge is 0.480 e. The summed E-state index contributed by atoms with van der Waals surface area (Å²) in [6.45, 7) is 5.70. The highest BCUT2D eigenvalue weighted by Gasteiger charge is 2.40. The zero-order valence-electron chi connectivity index (χ0n) is 12.1. The minimum atomic E-state index is -6.02. The molecule has 0 saturated heterocycles. The van der Waals surface area contributed by atoms with Gasteiger partial charge in [0.25, 0.3) is 0 Å². The van der Waals surface area contributed by atoms with E-state index in [0.29, 0.717) is 6.42 Å². The summed E-state index contributed by atoms with van der Waals surface area (Å²) in [6, 6.07) is 0. The van der Waals surface area contributed by atoms with Crippen molar-refractivity contribution in [3.8, 4) is 0 Å². The molecule has 0 aromatic carbocycles. The predicted molar refractivity (Wildman–Crippen MR) is 75.3 cm³/mol. The first kappa shape index (κ1) is 20.8. The van der Waals surface area contributed by atoms with Crippen LogP contribution in [0.25, 0.3) is 4.13 Å². The summed E-state index contributed by atoms with van der Waals surface area (Å²) in [6.07, 6.45) is 0.411. The third-order valence-electron chi connectivity index (χ3n) is 3.26. The Balaban J connectivity index is 4.61. The fourth-order valence-corrected chi connectivity index (χ4v) is 5.02. The summed E-state index contributed by atoms with van der Waals surface area (Å²) in [4.78, 5) is 0. The lowest BCUT2D eigenvalue weighted by Crippen LogP contribution is -2.34. The van der Waals surface area contributed by atoms with Crippen LogP contribution in [0.5, 0.6) is 0 Å². The molecule has 0 aromatic heterocycles. The smallest absolute Gasteiger partial charge is 0.428 e. The SMILES string of the molecule is CO[Si](C)(C)C(C)CCCS(=O)(=O)[N-]S(=O)(=O)C(F)(F)F. The average Bonchev–Trinajstić information content (AvgIpc) is 2.25. The van der Waals surface area contributed by atoms with Gasteiger partial charge in [0.15, 0.2) is 18.3 Å². The Labute approximate surface area is 124 Å². The Morgan fingerprint density at radius 2 is 1.67 bits per heavy atom. The molecule has 0 heterocycles. The Morgan fingerprint density at radius 1 is 1.19 bits per heavy atom. The number of nitrogens with zero attached hydrogens (tertiary/aromatic N) is 1. The fraction of sp³-hybridized carbons (Fsp3) is 1.00. The summed E-state index contributed by atoms with van der Waals surface area (Å²) in [7, 11) is -11.1. The van der Waals surface area contributed by atoms with E-state index in [2.05, 4.69) is 0 Å². The first-order chi connectivity index (χ1) is 9.15. The minimum Gasteiger partial charge on any atom is -0.428 e. The van der Waals surface area contributed by atoms with E-state index in [1.165, 1.54) is 0 Å². The Morgan fingerprint density at radius 3 is 2.05 bits per heavy atom. The number of sulfonamides is 2. The molecule has 0 aliphatic rings. The van der Waals surface area contributed by atoms with Crippen LogP contribution in [0.1, 0.15) is 19.8 Å². The van der Waals surface area contributed by atoms with Crippen LogP contribution in [-0.2, 0) is 24.5 Å². The van der Waals surface area contributed by atoms with Crippen molar-refractivity contribution in [2.75, 3.05) is 12.9 Å². The summed E-state index contributed by atoms with van der Waals surface area (Å²) >= 11 is 0. The summed E-state index contributed by atoms with van der Waals surface area (Å²) < 4.78 is 87.5. The fourth-order valence-electron chi connectivity index (χ4n) is 1.35. The third kappa shape index (κ3) is 6.63. The number of halogens is 3. The van der Waals surface area contributed by atoms with Crippen LogP contribution in [0.3, 0.4) is 0 Å². The quantitative estimate of drug-likeness (QED) is 0.612.